The number of ether oxygens (including phenoxy) is 2. The van der Waals surface area contributed by atoms with E-state index in [1.54, 1.807) is 6.07 Å². The zero-order valence-electron chi connectivity index (χ0n) is 34.9. The molecule has 3 aliphatic rings. The lowest BCUT2D eigenvalue weighted by Gasteiger charge is -2.43. The van der Waals surface area contributed by atoms with Gasteiger partial charge in [-0.15, -0.1) is 0 Å². The Morgan fingerprint density at radius 2 is 1.05 bits per heavy atom. The highest BCUT2D eigenvalue weighted by atomic mass is 16.5. The van der Waals surface area contributed by atoms with Gasteiger partial charge in [-0.2, -0.15) is 0 Å². The molecule has 4 nitrogen and oxygen atoms in total. The van der Waals surface area contributed by atoms with Crippen LogP contribution >= 0.6 is 0 Å². The molecule has 2 unspecified atom stereocenters. The number of hydrogen-bond donors (Lipinski definition) is 2. The molecular weight excluding hydrogens is 761 g/mol. The smallest absolute Gasteiger partial charge is 0.134 e. The van der Waals surface area contributed by atoms with Crippen molar-refractivity contribution in [3.63, 3.8) is 0 Å². The lowest BCUT2D eigenvalue weighted by atomic mass is 9.62. The van der Waals surface area contributed by atoms with Gasteiger partial charge in [0.1, 0.15) is 34.5 Å². The largest absolute Gasteiger partial charge is 0.508 e. The number of hydrogen-bond acceptors (Lipinski definition) is 4. The molecule has 62 heavy (non-hydrogen) atoms. The average molecular weight is 807 g/mol. The summed E-state index contributed by atoms with van der Waals surface area (Å²) >= 11 is 0. The number of fused-ring (bicyclic) bond motifs is 11. The van der Waals surface area contributed by atoms with E-state index >= 15 is 0 Å². The molecule has 2 aliphatic heterocycles. The summed E-state index contributed by atoms with van der Waals surface area (Å²) in [5.41, 5.74) is 10.8. The van der Waals surface area contributed by atoms with Crippen LogP contribution in [0.15, 0.2) is 164 Å². The van der Waals surface area contributed by atoms with Gasteiger partial charge in [-0.3, -0.25) is 0 Å². The monoisotopic (exact) mass is 806 g/mol. The van der Waals surface area contributed by atoms with Crippen molar-refractivity contribution in [3.8, 4) is 45.6 Å². The maximum Gasteiger partial charge on any atom is 0.134 e. The number of phenols is 2. The number of benzene rings is 9. The summed E-state index contributed by atoms with van der Waals surface area (Å²) in [4.78, 5) is 0. The summed E-state index contributed by atoms with van der Waals surface area (Å²) in [6, 6.07) is 57.3. The van der Waals surface area contributed by atoms with Crippen LogP contribution in [-0.4, -0.2) is 10.2 Å². The van der Waals surface area contributed by atoms with Crippen LogP contribution in [0.5, 0.6) is 34.5 Å². The van der Waals surface area contributed by atoms with Crippen LogP contribution in [0.2, 0.25) is 0 Å². The van der Waals surface area contributed by atoms with Gasteiger partial charge in [-0.25, -0.2) is 0 Å². The third kappa shape index (κ3) is 5.73. The number of phenolic OH excluding ortho intramolecular Hbond substituents is 2. The van der Waals surface area contributed by atoms with Gasteiger partial charge in [0.05, 0.1) is 0 Å². The van der Waals surface area contributed by atoms with Crippen molar-refractivity contribution in [1.82, 2.24) is 0 Å². The fourth-order valence-corrected chi connectivity index (χ4v) is 11.5. The van der Waals surface area contributed by atoms with E-state index in [2.05, 4.69) is 141 Å². The topological polar surface area (TPSA) is 58.9 Å². The van der Waals surface area contributed by atoms with E-state index in [4.69, 9.17) is 9.47 Å². The summed E-state index contributed by atoms with van der Waals surface area (Å²) in [5.74, 6) is 4.31. The normalized spacial score (nSPS) is 20.1. The predicted octanol–water partition coefficient (Wildman–Crippen LogP) is 15.2. The Kier molecular flexibility index (Phi) is 8.31. The van der Waals surface area contributed by atoms with E-state index in [0.717, 1.165) is 92.3 Å². The van der Waals surface area contributed by atoms with Crippen LogP contribution in [0.1, 0.15) is 83.4 Å². The second-order valence-corrected chi connectivity index (χ2v) is 18.1. The molecule has 1 saturated carbocycles. The van der Waals surface area contributed by atoms with E-state index in [9.17, 15) is 10.2 Å². The zero-order chi connectivity index (χ0) is 41.7. The van der Waals surface area contributed by atoms with Gasteiger partial charge >= 0.3 is 0 Å². The van der Waals surface area contributed by atoms with Crippen molar-refractivity contribution in [1.29, 1.82) is 0 Å². The molecule has 2 N–H and O–H groups in total. The first kappa shape index (κ1) is 36.8. The lowest BCUT2D eigenvalue weighted by molar-refractivity contribution is 0.227. The molecule has 2 atom stereocenters. The molecule has 4 heteroatoms. The van der Waals surface area contributed by atoms with Gasteiger partial charge in [-0.1, -0.05) is 122 Å². The van der Waals surface area contributed by atoms with E-state index in [1.807, 2.05) is 30.3 Å². The van der Waals surface area contributed by atoms with E-state index in [-0.39, 0.29) is 28.7 Å². The van der Waals surface area contributed by atoms with Crippen molar-refractivity contribution in [2.75, 3.05) is 0 Å². The molecule has 9 aromatic rings. The van der Waals surface area contributed by atoms with Gasteiger partial charge < -0.3 is 19.7 Å². The molecule has 9 aromatic carbocycles. The third-order valence-corrected chi connectivity index (χ3v) is 14.6. The first-order valence-corrected chi connectivity index (χ1v) is 22.0. The highest BCUT2D eigenvalue weighted by Crippen LogP contribution is 2.60. The molecule has 2 heterocycles. The second-order valence-electron chi connectivity index (χ2n) is 18.1. The number of rotatable bonds is 4. The van der Waals surface area contributed by atoms with Crippen LogP contribution in [0.3, 0.4) is 0 Å². The molecule has 12 rings (SSSR count). The fraction of sp³-hybridized carbons (Fsp3) is 0.172. The summed E-state index contributed by atoms with van der Waals surface area (Å²) in [6.07, 6.45) is 4.36. The predicted molar refractivity (Wildman–Crippen MR) is 250 cm³/mol. The maximum atomic E-state index is 10.7. The maximum absolute atomic E-state index is 10.7. The Hall–Kier alpha value is -7.04. The van der Waals surface area contributed by atoms with Crippen molar-refractivity contribution >= 4 is 32.3 Å². The van der Waals surface area contributed by atoms with Crippen LogP contribution < -0.4 is 9.47 Å². The van der Waals surface area contributed by atoms with Gasteiger partial charge in [0.25, 0.3) is 0 Å². The van der Waals surface area contributed by atoms with Gasteiger partial charge in [0.2, 0.25) is 0 Å². The number of aryl methyl sites for hydroxylation is 1. The first-order chi connectivity index (χ1) is 30.3. The zero-order valence-corrected chi connectivity index (χ0v) is 34.9. The third-order valence-electron chi connectivity index (χ3n) is 14.6. The van der Waals surface area contributed by atoms with Crippen LogP contribution in [-0.2, 0) is 5.41 Å². The lowest BCUT2D eigenvalue weighted by Crippen LogP contribution is -2.32. The SMILES string of the molecule is Cc1cc2cc(O)ccc2c2c1Oc1ccc3c4c(ccc3c1C2C1CCC(C)(c2ccccc2)CC1)Oc1ccc2cc(O)ccc2c1C4c1ccc(-c2ccccc2)cc1. The molecule has 0 amide bonds. The van der Waals surface area contributed by atoms with Crippen molar-refractivity contribution in [2.45, 2.75) is 56.8 Å². The van der Waals surface area contributed by atoms with Gasteiger partial charge in [0.15, 0.2) is 0 Å². The molecule has 302 valence electrons. The van der Waals surface area contributed by atoms with Crippen LogP contribution in [0, 0.1) is 12.8 Å². The Balaban J connectivity index is 1.08. The summed E-state index contributed by atoms with van der Waals surface area (Å²) < 4.78 is 14.0. The van der Waals surface area contributed by atoms with Crippen molar-refractivity contribution < 1.29 is 19.7 Å². The van der Waals surface area contributed by atoms with Gasteiger partial charge in [-0.05, 0) is 153 Å². The summed E-state index contributed by atoms with van der Waals surface area (Å²) in [7, 11) is 0. The van der Waals surface area contributed by atoms with Gasteiger partial charge in [0, 0.05) is 34.1 Å². The first-order valence-electron chi connectivity index (χ1n) is 22.0. The van der Waals surface area contributed by atoms with E-state index in [1.165, 1.54) is 38.8 Å². The molecular formula is C58H46O4. The highest BCUT2D eigenvalue weighted by molar-refractivity contribution is 6.00. The number of aromatic hydroxyl groups is 2. The minimum atomic E-state index is -0.156. The Labute approximate surface area is 361 Å². The van der Waals surface area contributed by atoms with Crippen molar-refractivity contribution in [2.24, 2.45) is 5.92 Å². The molecule has 0 bridgehead atoms. The van der Waals surface area contributed by atoms with Crippen LogP contribution in [0.25, 0.3) is 43.4 Å². The van der Waals surface area contributed by atoms with Crippen LogP contribution in [0.4, 0.5) is 0 Å². The average Bonchev–Trinajstić information content (AvgIpc) is 3.30. The summed E-state index contributed by atoms with van der Waals surface area (Å²) in [5, 5.41) is 27.8. The highest BCUT2D eigenvalue weighted by Gasteiger charge is 2.42. The minimum Gasteiger partial charge on any atom is -0.508 e. The standard InChI is InChI=1S/C58H46O4/c1-34-31-40-33-43(60)19-21-45(40)56-52(38-27-29-58(2,30-28-38)41-11-7-4-8-12-41)55-47-22-25-49-54(46(47)23-26-50(55)62-57(34)56)51(37-15-13-36(14-16-37)35-9-5-3-6-10-35)53-44-20-18-42(59)32-39(44)17-24-48(53)61-49/h3-26,31-33,38,51-52,59-60H,27-30H2,1-2H3. The molecule has 0 saturated heterocycles. The van der Waals surface area contributed by atoms with Crippen molar-refractivity contribution in [3.05, 3.63) is 203 Å². The summed E-state index contributed by atoms with van der Waals surface area (Å²) in [6.45, 7) is 4.59. The minimum absolute atomic E-state index is 0.0620. The Morgan fingerprint density at radius 3 is 1.74 bits per heavy atom. The van der Waals surface area contributed by atoms with E-state index < -0.39 is 0 Å². The molecule has 0 radical (unpaired) electrons. The Morgan fingerprint density at radius 1 is 0.500 bits per heavy atom. The molecule has 1 aliphatic carbocycles. The quantitative estimate of drug-likeness (QED) is 0.186. The fourth-order valence-electron chi connectivity index (χ4n) is 11.5. The molecule has 0 aromatic heterocycles. The Bertz CT molecular complexity index is 3230. The molecule has 0 spiro atoms. The second kappa shape index (κ2) is 14.0. The van der Waals surface area contributed by atoms with E-state index in [0.29, 0.717) is 5.92 Å². The molecule has 1 fully saturated rings.